The highest BCUT2D eigenvalue weighted by Gasteiger charge is 2.17. The summed E-state index contributed by atoms with van der Waals surface area (Å²) in [7, 11) is 1.67. The third-order valence-corrected chi connectivity index (χ3v) is 5.21. The van der Waals surface area contributed by atoms with E-state index in [1.807, 2.05) is 6.92 Å². The first-order valence-electron chi connectivity index (χ1n) is 11.4. The number of aryl methyl sites for hydroxylation is 4. The van der Waals surface area contributed by atoms with Crippen LogP contribution in [0.5, 0.6) is 11.6 Å². The van der Waals surface area contributed by atoms with Crippen LogP contribution in [0.25, 0.3) is 0 Å². The Kier molecular flexibility index (Phi) is 10.1. The number of aromatic nitrogens is 2. The largest absolute Gasteiger partial charge is 0.507 e. The number of hydrogen-bond acceptors (Lipinski definition) is 5. The van der Waals surface area contributed by atoms with Gasteiger partial charge in [-0.3, -0.25) is 0 Å². The van der Waals surface area contributed by atoms with Crippen molar-refractivity contribution in [3.8, 4) is 11.6 Å². The van der Waals surface area contributed by atoms with Crippen molar-refractivity contribution in [1.82, 2.24) is 9.97 Å². The van der Waals surface area contributed by atoms with Gasteiger partial charge in [0, 0.05) is 19.1 Å². The van der Waals surface area contributed by atoms with E-state index in [0.717, 1.165) is 73.2 Å². The van der Waals surface area contributed by atoms with E-state index < -0.39 is 0 Å². The number of unbranched alkanes of at least 4 members (excludes halogenated alkanes) is 1. The maximum absolute atomic E-state index is 10.7. The Morgan fingerprint density at radius 2 is 1.57 bits per heavy atom. The Morgan fingerprint density at radius 3 is 2.13 bits per heavy atom. The molecule has 0 aliphatic carbocycles. The lowest BCUT2D eigenvalue weighted by molar-refractivity contribution is 0.143. The van der Waals surface area contributed by atoms with Crippen LogP contribution in [0.3, 0.4) is 0 Å². The highest BCUT2D eigenvalue weighted by atomic mass is 16.5. The molecule has 2 aromatic rings. The Hall–Kier alpha value is -2.14. The lowest BCUT2D eigenvalue weighted by Gasteiger charge is -2.17. The second-order valence-electron chi connectivity index (χ2n) is 7.89. The molecule has 0 bridgehead atoms. The fraction of sp³-hybridized carbons (Fsp3) is 0.600. The number of phenolic OH excluding ortho intramolecular Hbond substituents is 1. The molecule has 1 aromatic carbocycles. The van der Waals surface area contributed by atoms with Gasteiger partial charge in [0.05, 0.1) is 12.3 Å². The molecule has 1 N–H and O–H groups in total. The molecule has 1 heterocycles. The van der Waals surface area contributed by atoms with Crippen LogP contribution in [0.15, 0.2) is 12.1 Å². The number of hydrogen-bond donors (Lipinski definition) is 1. The van der Waals surface area contributed by atoms with Crippen LogP contribution < -0.4 is 4.74 Å². The topological polar surface area (TPSA) is 64.5 Å². The lowest BCUT2D eigenvalue weighted by atomic mass is 9.94. The van der Waals surface area contributed by atoms with Crippen LogP contribution in [0.4, 0.5) is 0 Å². The fourth-order valence-corrected chi connectivity index (χ4v) is 3.75. The van der Waals surface area contributed by atoms with E-state index in [4.69, 9.17) is 14.5 Å². The number of ether oxygens (including phenoxy) is 2. The summed E-state index contributed by atoms with van der Waals surface area (Å²) in [6.07, 6.45) is 7.57. The molecule has 0 aliphatic heterocycles. The number of nitrogens with zero attached hydrogens (tertiary/aromatic N) is 2. The predicted molar refractivity (Wildman–Crippen MR) is 122 cm³/mol. The molecular weight excluding hydrogens is 376 g/mol. The molecule has 0 spiro atoms. The molecule has 0 saturated heterocycles. The van der Waals surface area contributed by atoms with Gasteiger partial charge in [-0.1, -0.05) is 52.2 Å². The minimum atomic E-state index is 0.463. The average Bonchev–Trinajstić information content (AvgIpc) is 2.72. The van der Waals surface area contributed by atoms with Crippen molar-refractivity contribution < 1.29 is 14.6 Å². The van der Waals surface area contributed by atoms with Gasteiger partial charge in [0.25, 0.3) is 0 Å². The van der Waals surface area contributed by atoms with Gasteiger partial charge in [-0.2, -0.15) is 4.98 Å². The van der Waals surface area contributed by atoms with Crippen molar-refractivity contribution in [3.63, 3.8) is 0 Å². The Bertz CT molecular complexity index is 778. The summed E-state index contributed by atoms with van der Waals surface area (Å²) in [5.41, 5.74) is 5.37. The first-order chi connectivity index (χ1) is 14.5. The molecule has 0 radical (unpaired) electrons. The molecule has 0 aliphatic rings. The summed E-state index contributed by atoms with van der Waals surface area (Å²) in [6.45, 7) is 9.38. The Balaban J connectivity index is 2.47. The predicted octanol–water partition coefficient (Wildman–Crippen LogP) is 5.35. The smallest absolute Gasteiger partial charge is 0.220 e. The third-order valence-electron chi connectivity index (χ3n) is 5.21. The molecule has 5 heteroatoms. The molecule has 0 atom stereocenters. The zero-order valence-electron chi connectivity index (χ0n) is 19.4. The van der Waals surface area contributed by atoms with E-state index in [0.29, 0.717) is 31.3 Å². The van der Waals surface area contributed by atoms with Crippen molar-refractivity contribution >= 4 is 0 Å². The van der Waals surface area contributed by atoms with Gasteiger partial charge in [0.2, 0.25) is 5.88 Å². The standard InChI is InChI=1S/C25H38N2O3/c1-6-9-12-23-22(25(27-18(4)26-23)30-14-13-29-5)17-19-15-20(10-7-2)24(28)21(16-19)11-8-3/h15-16,28H,6-14,17H2,1-5H3. The van der Waals surface area contributed by atoms with E-state index in [9.17, 15) is 5.11 Å². The minimum Gasteiger partial charge on any atom is -0.507 e. The van der Waals surface area contributed by atoms with Crippen LogP contribution in [0, 0.1) is 6.92 Å². The molecular formula is C25H38N2O3. The summed E-state index contributed by atoms with van der Waals surface area (Å²) in [5.74, 6) is 1.86. The van der Waals surface area contributed by atoms with Gasteiger partial charge in [-0.15, -0.1) is 0 Å². The van der Waals surface area contributed by atoms with Gasteiger partial charge in [-0.05, 0) is 49.3 Å². The Morgan fingerprint density at radius 1 is 0.900 bits per heavy atom. The van der Waals surface area contributed by atoms with Gasteiger partial charge in [-0.25, -0.2) is 4.98 Å². The number of phenols is 1. The Labute approximate surface area is 181 Å². The summed E-state index contributed by atoms with van der Waals surface area (Å²) in [5, 5.41) is 10.7. The third kappa shape index (κ3) is 6.69. The van der Waals surface area contributed by atoms with E-state index in [2.05, 4.69) is 37.9 Å². The fourth-order valence-electron chi connectivity index (χ4n) is 3.75. The molecule has 0 saturated carbocycles. The number of rotatable bonds is 13. The molecule has 30 heavy (non-hydrogen) atoms. The molecule has 1 aromatic heterocycles. The molecule has 166 valence electrons. The van der Waals surface area contributed by atoms with Crippen LogP contribution in [-0.2, 0) is 30.4 Å². The molecule has 0 unspecified atom stereocenters. The molecule has 5 nitrogen and oxygen atoms in total. The van der Waals surface area contributed by atoms with Gasteiger partial charge >= 0.3 is 0 Å². The average molecular weight is 415 g/mol. The van der Waals surface area contributed by atoms with E-state index in [-0.39, 0.29) is 0 Å². The quantitative estimate of drug-likeness (QED) is 0.447. The monoisotopic (exact) mass is 414 g/mol. The number of aromatic hydroxyl groups is 1. The SMILES string of the molecule is CCCCc1nc(C)nc(OCCOC)c1Cc1cc(CCC)c(O)c(CCC)c1. The van der Waals surface area contributed by atoms with Gasteiger partial charge < -0.3 is 14.6 Å². The first-order valence-corrected chi connectivity index (χ1v) is 11.4. The van der Waals surface area contributed by atoms with E-state index in [1.165, 1.54) is 5.56 Å². The summed E-state index contributed by atoms with van der Waals surface area (Å²) >= 11 is 0. The maximum Gasteiger partial charge on any atom is 0.220 e. The molecule has 0 fully saturated rings. The number of benzene rings is 1. The normalized spacial score (nSPS) is 11.1. The zero-order chi connectivity index (χ0) is 21.9. The van der Waals surface area contributed by atoms with Crippen LogP contribution >= 0.6 is 0 Å². The summed E-state index contributed by atoms with van der Waals surface area (Å²) < 4.78 is 11.2. The lowest BCUT2D eigenvalue weighted by Crippen LogP contribution is -2.12. The molecule has 0 amide bonds. The molecule has 2 rings (SSSR count). The number of methoxy groups -OCH3 is 1. The van der Waals surface area contributed by atoms with Crippen molar-refractivity contribution in [2.45, 2.75) is 79.1 Å². The van der Waals surface area contributed by atoms with Crippen LogP contribution in [0.2, 0.25) is 0 Å². The van der Waals surface area contributed by atoms with Crippen molar-refractivity contribution in [3.05, 3.63) is 45.9 Å². The van der Waals surface area contributed by atoms with E-state index in [1.54, 1.807) is 7.11 Å². The first kappa shape index (κ1) is 24.1. The zero-order valence-corrected chi connectivity index (χ0v) is 19.4. The highest BCUT2D eigenvalue weighted by molar-refractivity contribution is 5.46. The second-order valence-corrected chi connectivity index (χ2v) is 7.89. The van der Waals surface area contributed by atoms with Crippen molar-refractivity contribution in [1.29, 1.82) is 0 Å². The maximum atomic E-state index is 10.7. The van der Waals surface area contributed by atoms with Gasteiger partial charge in [0.1, 0.15) is 18.2 Å². The highest BCUT2D eigenvalue weighted by Crippen LogP contribution is 2.30. The van der Waals surface area contributed by atoms with Crippen LogP contribution in [-0.4, -0.2) is 35.4 Å². The van der Waals surface area contributed by atoms with Crippen molar-refractivity contribution in [2.24, 2.45) is 0 Å². The summed E-state index contributed by atoms with van der Waals surface area (Å²) in [4.78, 5) is 9.37. The van der Waals surface area contributed by atoms with Crippen LogP contribution in [0.1, 0.15) is 80.2 Å². The van der Waals surface area contributed by atoms with Gasteiger partial charge in [0.15, 0.2) is 0 Å². The minimum absolute atomic E-state index is 0.463. The summed E-state index contributed by atoms with van der Waals surface area (Å²) in [6, 6.07) is 4.28. The van der Waals surface area contributed by atoms with E-state index >= 15 is 0 Å². The van der Waals surface area contributed by atoms with Crippen molar-refractivity contribution in [2.75, 3.05) is 20.3 Å². The second kappa shape index (κ2) is 12.5.